The molecule has 0 saturated heterocycles. The molecule has 1 N–H and O–H groups in total. The molecule has 164 valence electrons. The number of hydrogen-bond donors (Lipinski definition) is 1. The van der Waals surface area contributed by atoms with E-state index in [0.717, 1.165) is 23.3 Å². The van der Waals surface area contributed by atoms with Crippen molar-refractivity contribution in [3.63, 3.8) is 0 Å². The summed E-state index contributed by atoms with van der Waals surface area (Å²) in [6.07, 6.45) is -4.52. The average Bonchev–Trinajstić information content (AvgIpc) is 2.76. The molecule has 3 rings (SSSR count). The van der Waals surface area contributed by atoms with Crippen molar-refractivity contribution in [3.05, 3.63) is 83.4 Å². The number of benzene rings is 3. The molecule has 3 aromatic carbocycles. The van der Waals surface area contributed by atoms with Gasteiger partial charge in [0.05, 0.1) is 24.7 Å². The molecule has 0 aliphatic heterocycles. The summed E-state index contributed by atoms with van der Waals surface area (Å²) >= 11 is 0. The molecule has 0 amide bonds. The third-order valence-electron chi connectivity index (χ3n) is 4.51. The zero-order valence-corrected chi connectivity index (χ0v) is 17.1. The third-order valence-corrected chi connectivity index (χ3v) is 4.51. The summed E-state index contributed by atoms with van der Waals surface area (Å²) in [5.41, 5.74) is 2.10. The summed E-state index contributed by atoms with van der Waals surface area (Å²) in [6, 6.07) is 17.2. The monoisotopic (exact) mass is 440 g/mol. The normalized spacial score (nSPS) is 10.8. The van der Waals surface area contributed by atoms with E-state index in [2.05, 4.69) is 11.8 Å². The second kappa shape index (κ2) is 9.92. The van der Waals surface area contributed by atoms with Crippen LogP contribution in [0.25, 0.3) is 11.1 Å². The van der Waals surface area contributed by atoms with Crippen molar-refractivity contribution in [2.75, 3.05) is 13.7 Å². The smallest absolute Gasteiger partial charge is 0.416 e. The molecule has 0 aliphatic carbocycles. The van der Waals surface area contributed by atoms with Crippen LogP contribution in [0.1, 0.15) is 16.7 Å². The fourth-order valence-electron chi connectivity index (χ4n) is 3.03. The van der Waals surface area contributed by atoms with Gasteiger partial charge in [0.15, 0.2) is 0 Å². The molecule has 0 aliphatic rings. The Morgan fingerprint density at radius 3 is 2.47 bits per heavy atom. The van der Waals surface area contributed by atoms with Crippen molar-refractivity contribution >= 4 is 5.97 Å². The minimum Gasteiger partial charge on any atom is -0.495 e. The first-order chi connectivity index (χ1) is 15.3. The van der Waals surface area contributed by atoms with Gasteiger partial charge in [-0.25, -0.2) is 0 Å². The summed E-state index contributed by atoms with van der Waals surface area (Å²) < 4.78 is 49.1. The van der Waals surface area contributed by atoms with E-state index in [1.807, 2.05) is 12.1 Å². The van der Waals surface area contributed by atoms with Gasteiger partial charge in [0.2, 0.25) is 0 Å². The first-order valence-electron chi connectivity index (χ1n) is 9.54. The minimum absolute atomic E-state index is 0.0742. The largest absolute Gasteiger partial charge is 0.495 e. The lowest BCUT2D eigenvalue weighted by molar-refractivity contribution is -0.138. The van der Waals surface area contributed by atoms with E-state index < -0.39 is 17.7 Å². The predicted octanol–water partition coefficient (Wildman–Crippen LogP) is 5.44. The first kappa shape index (κ1) is 22.8. The van der Waals surface area contributed by atoms with Crippen LogP contribution < -0.4 is 9.47 Å². The fourth-order valence-corrected chi connectivity index (χ4v) is 3.03. The van der Waals surface area contributed by atoms with Crippen LogP contribution >= 0.6 is 0 Å². The Hall–Kier alpha value is -3.92. The second-order valence-corrected chi connectivity index (χ2v) is 6.80. The maximum Gasteiger partial charge on any atom is 0.416 e. The van der Waals surface area contributed by atoms with Crippen LogP contribution in [0, 0.1) is 11.8 Å². The Labute approximate surface area is 183 Å². The van der Waals surface area contributed by atoms with E-state index in [1.165, 1.54) is 19.2 Å². The van der Waals surface area contributed by atoms with Crippen LogP contribution in [0.4, 0.5) is 13.2 Å². The van der Waals surface area contributed by atoms with Crippen LogP contribution in [0.15, 0.2) is 66.7 Å². The van der Waals surface area contributed by atoms with Crippen molar-refractivity contribution in [3.8, 4) is 34.5 Å². The van der Waals surface area contributed by atoms with Gasteiger partial charge < -0.3 is 14.6 Å². The summed E-state index contributed by atoms with van der Waals surface area (Å²) in [5.74, 6) is 5.40. The van der Waals surface area contributed by atoms with E-state index in [0.29, 0.717) is 16.9 Å². The number of alkyl halides is 3. The molecule has 0 saturated carbocycles. The van der Waals surface area contributed by atoms with Gasteiger partial charge in [-0.3, -0.25) is 4.79 Å². The zero-order valence-electron chi connectivity index (χ0n) is 17.1. The maximum absolute atomic E-state index is 12.8. The molecule has 0 radical (unpaired) electrons. The highest BCUT2D eigenvalue weighted by Crippen LogP contribution is 2.31. The molecule has 7 heteroatoms. The molecule has 0 bridgehead atoms. The molecule has 0 atom stereocenters. The number of hydrogen-bond acceptors (Lipinski definition) is 3. The number of ether oxygens (including phenoxy) is 2. The van der Waals surface area contributed by atoms with Crippen molar-refractivity contribution in [2.45, 2.75) is 12.6 Å². The van der Waals surface area contributed by atoms with Gasteiger partial charge in [-0.05, 0) is 47.0 Å². The van der Waals surface area contributed by atoms with Gasteiger partial charge in [-0.15, -0.1) is 0 Å². The van der Waals surface area contributed by atoms with E-state index in [-0.39, 0.29) is 18.8 Å². The summed E-state index contributed by atoms with van der Waals surface area (Å²) in [4.78, 5) is 11.0. The van der Waals surface area contributed by atoms with Gasteiger partial charge in [0.25, 0.3) is 0 Å². The second-order valence-electron chi connectivity index (χ2n) is 6.80. The molecule has 4 nitrogen and oxygen atoms in total. The quantitative estimate of drug-likeness (QED) is 0.519. The van der Waals surface area contributed by atoms with Gasteiger partial charge in [0, 0.05) is 0 Å². The molecule has 0 fully saturated rings. The molecule has 0 unspecified atom stereocenters. The minimum atomic E-state index is -4.44. The lowest BCUT2D eigenvalue weighted by Gasteiger charge is -2.09. The van der Waals surface area contributed by atoms with Crippen molar-refractivity contribution < 1.29 is 32.5 Å². The van der Waals surface area contributed by atoms with Crippen LogP contribution in [0.2, 0.25) is 0 Å². The molecular weight excluding hydrogens is 421 g/mol. The molecule has 0 aromatic heterocycles. The van der Waals surface area contributed by atoms with Gasteiger partial charge in [-0.1, -0.05) is 48.2 Å². The molecule has 0 heterocycles. The Morgan fingerprint density at radius 1 is 1.00 bits per heavy atom. The maximum atomic E-state index is 12.8. The van der Waals surface area contributed by atoms with Crippen LogP contribution in [-0.2, 0) is 17.4 Å². The van der Waals surface area contributed by atoms with Crippen LogP contribution in [-0.4, -0.2) is 24.8 Å². The van der Waals surface area contributed by atoms with E-state index in [4.69, 9.17) is 14.6 Å². The van der Waals surface area contributed by atoms with Crippen molar-refractivity contribution in [1.82, 2.24) is 0 Å². The Bertz CT molecular complexity index is 1170. The Kier molecular flexibility index (Phi) is 7.06. The number of halogens is 3. The van der Waals surface area contributed by atoms with E-state index in [1.54, 1.807) is 30.3 Å². The average molecular weight is 440 g/mol. The molecule has 3 aromatic rings. The number of carbonyl (C=O) groups is 1. The van der Waals surface area contributed by atoms with Crippen LogP contribution in [0.5, 0.6) is 11.5 Å². The van der Waals surface area contributed by atoms with Gasteiger partial charge >= 0.3 is 12.1 Å². The lowest BCUT2D eigenvalue weighted by Crippen LogP contribution is -2.05. The topological polar surface area (TPSA) is 55.8 Å². The van der Waals surface area contributed by atoms with E-state index >= 15 is 0 Å². The zero-order chi connectivity index (χ0) is 23.1. The van der Waals surface area contributed by atoms with Crippen molar-refractivity contribution in [1.29, 1.82) is 0 Å². The number of aliphatic carboxylic acids is 1. The highest BCUT2D eigenvalue weighted by Gasteiger charge is 2.30. The Morgan fingerprint density at radius 2 is 1.75 bits per heavy atom. The summed E-state index contributed by atoms with van der Waals surface area (Å²) in [6.45, 7) is -0.108. The Balaban J connectivity index is 1.78. The molecule has 32 heavy (non-hydrogen) atoms. The fraction of sp³-hybridized carbons (Fsp3) is 0.160. The predicted molar refractivity (Wildman–Crippen MR) is 114 cm³/mol. The van der Waals surface area contributed by atoms with E-state index in [9.17, 15) is 18.0 Å². The summed E-state index contributed by atoms with van der Waals surface area (Å²) in [5, 5.41) is 9.00. The summed E-state index contributed by atoms with van der Waals surface area (Å²) in [7, 11) is 1.51. The number of rotatable bonds is 6. The molecular formula is C25H19F3O4. The highest BCUT2D eigenvalue weighted by atomic mass is 19.4. The SMILES string of the molecule is COc1ccc(-c2cccc(CC(=O)O)c2)cc1C#CCOc1cccc(C(F)(F)F)c1. The van der Waals surface area contributed by atoms with Gasteiger partial charge in [-0.2, -0.15) is 13.2 Å². The highest BCUT2D eigenvalue weighted by molar-refractivity contribution is 5.73. The lowest BCUT2D eigenvalue weighted by atomic mass is 9.99. The molecule has 0 spiro atoms. The number of carboxylic acids is 1. The standard InChI is InChI=1S/C25H19F3O4/c1-31-23-11-10-19(18-6-2-5-17(13-18)14-24(29)30)15-20(23)7-4-12-32-22-9-3-8-21(16-22)25(26,27)28/h2-3,5-6,8-11,13,15-16H,12,14H2,1H3,(H,29,30). The number of carboxylic acid groups (broad SMARTS) is 1. The van der Waals surface area contributed by atoms with Gasteiger partial charge in [0.1, 0.15) is 18.1 Å². The number of methoxy groups -OCH3 is 1. The van der Waals surface area contributed by atoms with Crippen molar-refractivity contribution in [2.24, 2.45) is 0 Å². The first-order valence-corrected chi connectivity index (χ1v) is 9.54. The third kappa shape index (κ3) is 6.05. The van der Waals surface area contributed by atoms with Crippen LogP contribution in [0.3, 0.4) is 0 Å².